The molecule has 3 rings (SSSR count). The monoisotopic (exact) mass is 280 g/mol. The summed E-state index contributed by atoms with van der Waals surface area (Å²) in [6.45, 7) is 4.83. The first-order valence-electron chi connectivity index (χ1n) is 7.63. The Labute approximate surface area is 119 Å². The fourth-order valence-corrected chi connectivity index (χ4v) is 3.50. The average Bonchev–Trinajstić information content (AvgIpc) is 2.64. The number of piperidine rings is 1. The molecule has 0 aliphatic carbocycles. The first-order valence-corrected chi connectivity index (χ1v) is 7.63. The highest BCUT2D eigenvalue weighted by Crippen LogP contribution is 2.22. The van der Waals surface area contributed by atoms with Gasteiger partial charge in [0.05, 0.1) is 0 Å². The summed E-state index contributed by atoms with van der Waals surface area (Å²) in [5, 5.41) is 0. The van der Waals surface area contributed by atoms with Crippen molar-refractivity contribution >= 4 is 0 Å². The van der Waals surface area contributed by atoms with E-state index >= 15 is 0 Å². The Hall–Kier alpha value is -1.00. The molecule has 0 radical (unpaired) electrons. The van der Waals surface area contributed by atoms with E-state index in [0.29, 0.717) is 18.2 Å². The fraction of sp³-hybridized carbons (Fsp3) is 0.625. The van der Waals surface area contributed by atoms with Crippen molar-refractivity contribution in [3.05, 3.63) is 35.4 Å². The van der Waals surface area contributed by atoms with Gasteiger partial charge in [0.15, 0.2) is 0 Å². The van der Waals surface area contributed by atoms with E-state index < -0.39 is 0 Å². The quantitative estimate of drug-likeness (QED) is 0.821. The lowest BCUT2D eigenvalue weighted by Crippen LogP contribution is -2.43. The van der Waals surface area contributed by atoms with Crippen molar-refractivity contribution in [2.24, 2.45) is 0 Å². The van der Waals surface area contributed by atoms with Crippen LogP contribution in [0.1, 0.15) is 31.2 Å². The molecule has 2 fully saturated rings. The summed E-state index contributed by atoms with van der Waals surface area (Å²) in [7, 11) is 0. The number of benzene rings is 1. The van der Waals surface area contributed by atoms with Gasteiger partial charge in [-0.3, -0.25) is 9.80 Å². The van der Waals surface area contributed by atoms with Crippen LogP contribution in [-0.2, 0) is 6.54 Å². The van der Waals surface area contributed by atoms with Gasteiger partial charge in [-0.2, -0.15) is 0 Å². The van der Waals surface area contributed by atoms with Gasteiger partial charge in [0.2, 0.25) is 0 Å². The van der Waals surface area contributed by atoms with Crippen LogP contribution in [0.4, 0.5) is 8.78 Å². The lowest BCUT2D eigenvalue weighted by Gasteiger charge is -2.35. The highest BCUT2D eigenvalue weighted by molar-refractivity contribution is 5.18. The van der Waals surface area contributed by atoms with E-state index in [-0.39, 0.29) is 11.6 Å². The van der Waals surface area contributed by atoms with E-state index in [9.17, 15) is 8.78 Å². The van der Waals surface area contributed by atoms with E-state index in [4.69, 9.17) is 0 Å². The number of hydrogen-bond donors (Lipinski definition) is 0. The normalized spacial score (nSPS) is 25.2. The van der Waals surface area contributed by atoms with Crippen molar-refractivity contribution < 1.29 is 8.78 Å². The van der Waals surface area contributed by atoms with E-state index in [0.717, 1.165) is 26.1 Å². The molecule has 0 bridgehead atoms. The third kappa shape index (κ3) is 3.18. The van der Waals surface area contributed by atoms with Crippen LogP contribution in [-0.4, -0.2) is 42.0 Å². The minimum absolute atomic E-state index is 0.295. The van der Waals surface area contributed by atoms with Crippen molar-refractivity contribution in [3.63, 3.8) is 0 Å². The van der Waals surface area contributed by atoms with Gasteiger partial charge in [-0.15, -0.1) is 0 Å². The standard InChI is InChI=1S/C16H22F2N2/c17-14-5-6-16(18)13(10-14)11-19-7-3-9-20-8-2-1-4-15(20)12-19/h5-6,10,15H,1-4,7-9,11-12H2. The van der Waals surface area contributed by atoms with Gasteiger partial charge in [0.1, 0.15) is 11.6 Å². The third-order valence-electron chi connectivity index (χ3n) is 4.54. The Morgan fingerprint density at radius 2 is 1.90 bits per heavy atom. The summed E-state index contributed by atoms with van der Waals surface area (Å²) in [5.41, 5.74) is 0.481. The average molecular weight is 280 g/mol. The molecule has 1 aromatic rings. The lowest BCUT2D eigenvalue weighted by atomic mass is 10.0. The van der Waals surface area contributed by atoms with Gasteiger partial charge < -0.3 is 0 Å². The molecule has 1 aromatic carbocycles. The Balaban J connectivity index is 1.69. The predicted molar refractivity (Wildman–Crippen MR) is 75.5 cm³/mol. The number of hydrogen-bond acceptors (Lipinski definition) is 2. The first-order chi connectivity index (χ1) is 9.72. The largest absolute Gasteiger partial charge is 0.299 e. The van der Waals surface area contributed by atoms with Gasteiger partial charge in [-0.1, -0.05) is 6.42 Å². The molecular weight excluding hydrogens is 258 g/mol. The summed E-state index contributed by atoms with van der Waals surface area (Å²) in [5.74, 6) is -0.647. The molecule has 0 spiro atoms. The maximum absolute atomic E-state index is 13.8. The number of halogens is 2. The SMILES string of the molecule is Fc1ccc(F)c(CN2CCCN3CCCCC3C2)c1. The van der Waals surface area contributed by atoms with Crippen LogP contribution >= 0.6 is 0 Å². The van der Waals surface area contributed by atoms with Crippen molar-refractivity contribution in [1.29, 1.82) is 0 Å². The molecule has 4 heteroatoms. The summed E-state index contributed by atoms with van der Waals surface area (Å²) in [6, 6.07) is 4.35. The van der Waals surface area contributed by atoms with Crippen LogP contribution in [0.3, 0.4) is 0 Å². The van der Waals surface area contributed by atoms with Crippen molar-refractivity contribution in [3.8, 4) is 0 Å². The van der Waals surface area contributed by atoms with Gasteiger partial charge in [-0.25, -0.2) is 8.78 Å². The smallest absolute Gasteiger partial charge is 0.127 e. The zero-order valence-electron chi connectivity index (χ0n) is 11.8. The van der Waals surface area contributed by atoms with Gasteiger partial charge in [0.25, 0.3) is 0 Å². The van der Waals surface area contributed by atoms with Crippen molar-refractivity contribution in [1.82, 2.24) is 9.80 Å². The van der Waals surface area contributed by atoms with Gasteiger partial charge in [0, 0.05) is 24.7 Å². The maximum atomic E-state index is 13.8. The fourth-order valence-electron chi connectivity index (χ4n) is 3.50. The Kier molecular flexibility index (Phi) is 4.32. The van der Waals surface area contributed by atoms with Crippen LogP contribution in [0, 0.1) is 11.6 Å². The maximum Gasteiger partial charge on any atom is 0.127 e. The van der Waals surface area contributed by atoms with Crippen LogP contribution in [0.25, 0.3) is 0 Å². The Morgan fingerprint density at radius 3 is 2.80 bits per heavy atom. The Bertz CT molecular complexity index is 464. The topological polar surface area (TPSA) is 6.48 Å². The van der Waals surface area contributed by atoms with E-state index in [1.165, 1.54) is 44.0 Å². The van der Waals surface area contributed by atoms with Gasteiger partial charge in [-0.05, 0) is 57.1 Å². The second-order valence-corrected chi connectivity index (χ2v) is 6.01. The van der Waals surface area contributed by atoms with Gasteiger partial charge >= 0.3 is 0 Å². The molecule has 1 atom stereocenters. The molecular formula is C16H22F2N2. The molecule has 1 unspecified atom stereocenters. The minimum Gasteiger partial charge on any atom is -0.299 e. The molecule has 20 heavy (non-hydrogen) atoms. The van der Waals surface area contributed by atoms with E-state index in [1.807, 2.05) is 0 Å². The Morgan fingerprint density at radius 1 is 1.05 bits per heavy atom. The van der Waals surface area contributed by atoms with E-state index in [1.54, 1.807) is 0 Å². The number of fused-ring (bicyclic) bond motifs is 1. The molecule has 110 valence electrons. The number of nitrogens with zero attached hydrogens (tertiary/aromatic N) is 2. The summed E-state index contributed by atoms with van der Waals surface area (Å²) in [6.07, 6.45) is 4.95. The molecule has 2 heterocycles. The minimum atomic E-state index is -0.351. The molecule has 0 amide bonds. The first kappa shape index (κ1) is 14.0. The van der Waals surface area contributed by atoms with Crippen LogP contribution in [0.2, 0.25) is 0 Å². The molecule has 2 saturated heterocycles. The third-order valence-corrected chi connectivity index (χ3v) is 4.54. The van der Waals surface area contributed by atoms with E-state index in [2.05, 4.69) is 9.80 Å². The summed E-state index contributed by atoms with van der Waals surface area (Å²) >= 11 is 0. The van der Waals surface area contributed by atoms with Crippen LogP contribution < -0.4 is 0 Å². The zero-order chi connectivity index (χ0) is 13.9. The molecule has 2 nitrogen and oxygen atoms in total. The predicted octanol–water partition coefficient (Wildman–Crippen LogP) is 3.03. The summed E-state index contributed by atoms with van der Waals surface area (Å²) < 4.78 is 27.0. The number of rotatable bonds is 2. The van der Waals surface area contributed by atoms with Crippen molar-refractivity contribution in [2.75, 3.05) is 26.2 Å². The molecule has 2 aliphatic rings. The molecule has 0 N–H and O–H groups in total. The second kappa shape index (κ2) is 6.19. The highest BCUT2D eigenvalue weighted by Gasteiger charge is 2.27. The van der Waals surface area contributed by atoms with Crippen LogP contribution in [0.15, 0.2) is 18.2 Å². The highest BCUT2D eigenvalue weighted by atomic mass is 19.1. The second-order valence-electron chi connectivity index (χ2n) is 6.01. The van der Waals surface area contributed by atoms with Crippen molar-refractivity contribution in [2.45, 2.75) is 38.3 Å². The molecule has 2 aliphatic heterocycles. The molecule has 0 aromatic heterocycles. The zero-order valence-corrected chi connectivity index (χ0v) is 11.8. The summed E-state index contributed by atoms with van der Waals surface area (Å²) in [4.78, 5) is 4.86. The lowest BCUT2D eigenvalue weighted by molar-refractivity contribution is 0.134. The van der Waals surface area contributed by atoms with Crippen LogP contribution in [0.5, 0.6) is 0 Å². The molecule has 0 saturated carbocycles.